The minimum atomic E-state index is 0.143. The Morgan fingerprint density at radius 3 is 2.28 bits per heavy atom. The summed E-state index contributed by atoms with van der Waals surface area (Å²) in [6.45, 7) is 5.70. The first-order valence-corrected chi connectivity index (χ1v) is 6.60. The van der Waals surface area contributed by atoms with Gasteiger partial charge >= 0.3 is 0 Å². The van der Waals surface area contributed by atoms with Crippen molar-refractivity contribution >= 4 is 29.1 Å². The minimum Gasteiger partial charge on any atom is -0.340 e. The van der Waals surface area contributed by atoms with E-state index in [1.807, 2.05) is 17.0 Å². The largest absolute Gasteiger partial charge is 0.340 e. The summed E-state index contributed by atoms with van der Waals surface area (Å²) < 4.78 is 0. The van der Waals surface area contributed by atoms with Crippen molar-refractivity contribution in [2.75, 3.05) is 26.2 Å². The summed E-state index contributed by atoms with van der Waals surface area (Å²) in [6.07, 6.45) is 0. The summed E-state index contributed by atoms with van der Waals surface area (Å²) >= 11 is 11.7. The average Bonchev–Trinajstić information content (AvgIpc) is 2.28. The summed E-state index contributed by atoms with van der Waals surface area (Å²) in [6, 6.07) is 3.65. The predicted octanol–water partition coefficient (Wildman–Crippen LogP) is 2.05. The second kappa shape index (κ2) is 5.87. The average molecular weight is 288 g/mol. The monoisotopic (exact) mass is 287 g/mol. The first-order valence-electron chi connectivity index (χ1n) is 5.84. The van der Waals surface area contributed by atoms with Crippen molar-refractivity contribution in [3.8, 4) is 0 Å². The molecule has 0 saturated carbocycles. The zero-order valence-corrected chi connectivity index (χ0v) is 11.7. The van der Waals surface area contributed by atoms with Crippen LogP contribution in [0.25, 0.3) is 0 Å². The number of nitrogens with zero attached hydrogens (tertiary/aromatic N) is 3. The Morgan fingerprint density at radius 1 is 1.22 bits per heavy atom. The summed E-state index contributed by atoms with van der Waals surface area (Å²) in [5.41, 5.74) is 1.05. The molecule has 6 heteroatoms. The first kappa shape index (κ1) is 13.6. The number of halogens is 2. The van der Waals surface area contributed by atoms with Crippen LogP contribution < -0.4 is 0 Å². The van der Waals surface area contributed by atoms with Crippen molar-refractivity contribution in [2.45, 2.75) is 13.5 Å². The third kappa shape index (κ3) is 3.57. The Labute approximate surface area is 116 Å². The first-order chi connectivity index (χ1) is 8.54. The zero-order chi connectivity index (χ0) is 13.1. The predicted molar refractivity (Wildman–Crippen MR) is 71.8 cm³/mol. The Morgan fingerprint density at radius 2 is 1.78 bits per heavy atom. The van der Waals surface area contributed by atoms with Crippen LogP contribution in [0.3, 0.4) is 0 Å². The highest BCUT2D eigenvalue weighted by atomic mass is 35.5. The topological polar surface area (TPSA) is 36.4 Å². The quantitative estimate of drug-likeness (QED) is 0.782. The number of piperazine rings is 1. The van der Waals surface area contributed by atoms with Crippen LogP contribution in [-0.2, 0) is 11.3 Å². The van der Waals surface area contributed by atoms with Crippen LogP contribution in [0.2, 0.25) is 10.3 Å². The van der Waals surface area contributed by atoms with Gasteiger partial charge in [0, 0.05) is 39.6 Å². The van der Waals surface area contributed by atoms with E-state index in [1.165, 1.54) is 0 Å². The molecule has 0 aliphatic carbocycles. The van der Waals surface area contributed by atoms with Gasteiger partial charge in [-0.1, -0.05) is 23.2 Å². The number of hydrogen-bond donors (Lipinski definition) is 0. The lowest BCUT2D eigenvalue weighted by atomic mass is 10.2. The molecule has 4 nitrogen and oxygen atoms in total. The molecule has 2 rings (SSSR count). The van der Waals surface area contributed by atoms with Crippen molar-refractivity contribution < 1.29 is 4.79 Å². The lowest BCUT2D eigenvalue weighted by molar-refractivity contribution is -0.130. The van der Waals surface area contributed by atoms with E-state index in [9.17, 15) is 4.79 Å². The van der Waals surface area contributed by atoms with Crippen molar-refractivity contribution in [1.82, 2.24) is 14.8 Å². The van der Waals surface area contributed by atoms with E-state index in [1.54, 1.807) is 6.92 Å². The van der Waals surface area contributed by atoms with Crippen LogP contribution in [0.4, 0.5) is 0 Å². The molecule has 1 saturated heterocycles. The van der Waals surface area contributed by atoms with E-state index >= 15 is 0 Å². The molecular formula is C12H15Cl2N3O. The van der Waals surface area contributed by atoms with Crippen LogP contribution in [0.5, 0.6) is 0 Å². The zero-order valence-electron chi connectivity index (χ0n) is 10.2. The van der Waals surface area contributed by atoms with Gasteiger partial charge in [-0.2, -0.15) is 0 Å². The van der Waals surface area contributed by atoms with Gasteiger partial charge in [0.25, 0.3) is 0 Å². The molecule has 1 aromatic heterocycles. The van der Waals surface area contributed by atoms with Gasteiger partial charge in [0.2, 0.25) is 5.91 Å². The molecule has 1 aromatic rings. The minimum absolute atomic E-state index is 0.143. The molecule has 0 radical (unpaired) electrons. The smallest absolute Gasteiger partial charge is 0.219 e. The maximum Gasteiger partial charge on any atom is 0.219 e. The molecule has 1 aliphatic heterocycles. The molecule has 0 aromatic carbocycles. The number of carbonyl (C=O) groups is 1. The highest BCUT2D eigenvalue weighted by Gasteiger charge is 2.18. The van der Waals surface area contributed by atoms with Crippen molar-refractivity contribution in [1.29, 1.82) is 0 Å². The molecule has 0 spiro atoms. The van der Waals surface area contributed by atoms with Gasteiger partial charge < -0.3 is 4.90 Å². The fourth-order valence-electron chi connectivity index (χ4n) is 2.08. The van der Waals surface area contributed by atoms with Gasteiger partial charge in [-0.3, -0.25) is 9.69 Å². The second-order valence-electron chi connectivity index (χ2n) is 4.40. The normalized spacial score (nSPS) is 16.9. The van der Waals surface area contributed by atoms with Crippen LogP contribution in [0, 0.1) is 0 Å². The number of hydrogen-bond acceptors (Lipinski definition) is 3. The van der Waals surface area contributed by atoms with E-state index in [-0.39, 0.29) is 5.91 Å². The van der Waals surface area contributed by atoms with Crippen LogP contribution in [-0.4, -0.2) is 46.9 Å². The molecule has 98 valence electrons. The van der Waals surface area contributed by atoms with Gasteiger partial charge in [0.05, 0.1) is 0 Å². The summed E-state index contributed by atoms with van der Waals surface area (Å²) in [4.78, 5) is 19.3. The fourth-order valence-corrected chi connectivity index (χ4v) is 2.59. The number of pyridine rings is 1. The summed E-state index contributed by atoms with van der Waals surface area (Å²) in [5.74, 6) is 0.143. The number of amides is 1. The van der Waals surface area contributed by atoms with Crippen LogP contribution in [0.1, 0.15) is 12.5 Å². The Hall–Kier alpha value is -0.840. The maximum absolute atomic E-state index is 11.2. The van der Waals surface area contributed by atoms with Gasteiger partial charge in [0.15, 0.2) is 0 Å². The number of carbonyl (C=O) groups excluding carboxylic acids is 1. The second-order valence-corrected chi connectivity index (χ2v) is 5.18. The molecule has 0 atom stereocenters. The summed E-state index contributed by atoms with van der Waals surface area (Å²) in [5, 5.41) is 0.833. The Kier molecular flexibility index (Phi) is 4.43. The van der Waals surface area contributed by atoms with E-state index in [0.29, 0.717) is 10.3 Å². The van der Waals surface area contributed by atoms with E-state index < -0.39 is 0 Å². The van der Waals surface area contributed by atoms with Crippen molar-refractivity contribution in [3.05, 3.63) is 28.0 Å². The third-order valence-electron chi connectivity index (χ3n) is 3.05. The molecular weight excluding hydrogens is 273 g/mol. The Bertz CT molecular complexity index is 425. The lowest BCUT2D eigenvalue weighted by Crippen LogP contribution is -2.47. The summed E-state index contributed by atoms with van der Waals surface area (Å²) in [7, 11) is 0. The van der Waals surface area contributed by atoms with Crippen LogP contribution >= 0.6 is 23.2 Å². The third-order valence-corrected chi connectivity index (χ3v) is 3.43. The molecule has 1 fully saturated rings. The number of rotatable bonds is 2. The molecule has 0 unspecified atom stereocenters. The van der Waals surface area contributed by atoms with Gasteiger partial charge in [-0.05, 0) is 17.7 Å². The van der Waals surface area contributed by atoms with E-state index in [0.717, 1.165) is 38.3 Å². The number of aromatic nitrogens is 1. The van der Waals surface area contributed by atoms with Crippen molar-refractivity contribution in [3.63, 3.8) is 0 Å². The van der Waals surface area contributed by atoms with Crippen molar-refractivity contribution in [2.24, 2.45) is 0 Å². The highest BCUT2D eigenvalue weighted by Crippen LogP contribution is 2.17. The van der Waals surface area contributed by atoms with E-state index in [2.05, 4.69) is 9.88 Å². The molecule has 18 heavy (non-hydrogen) atoms. The molecule has 0 bridgehead atoms. The molecule has 1 aliphatic rings. The Balaban J connectivity index is 1.93. The standard InChI is InChI=1S/C12H15Cl2N3O/c1-9(18)17-4-2-16(3-5-17)8-10-6-11(13)15-12(14)7-10/h6-7H,2-5,8H2,1H3. The van der Waals surface area contributed by atoms with Gasteiger partial charge in [0.1, 0.15) is 10.3 Å². The van der Waals surface area contributed by atoms with Crippen LogP contribution in [0.15, 0.2) is 12.1 Å². The van der Waals surface area contributed by atoms with Gasteiger partial charge in [-0.25, -0.2) is 4.98 Å². The lowest BCUT2D eigenvalue weighted by Gasteiger charge is -2.34. The molecule has 0 N–H and O–H groups in total. The SMILES string of the molecule is CC(=O)N1CCN(Cc2cc(Cl)nc(Cl)c2)CC1. The molecule has 1 amide bonds. The maximum atomic E-state index is 11.2. The molecule has 2 heterocycles. The fraction of sp³-hybridized carbons (Fsp3) is 0.500. The van der Waals surface area contributed by atoms with Gasteiger partial charge in [-0.15, -0.1) is 0 Å². The highest BCUT2D eigenvalue weighted by molar-refractivity contribution is 6.32. The van der Waals surface area contributed by atoms with E-state index in [4.69, 9.17) is 23.2 Å².